The Kier molecular flexibility index (Phi) is 5.35. The summed E-state index contributed by atoms with van der Waals surface area (Å²) in [5.74, 6) is -0.103. The highest BCUT2D eigenvalue weighted by molar-refractivity contribution is 6.04. The Labute approximate surface area is 172 Å². The number of halogens is 1. The molecule has 1 aromatic carbocycles. The van der Waals surface area contributed by atoms with Crippen molar-refractivity contribution in [3.63, 3.8) is 0 Å². The highest BCUT2D eigenvalue weighted by Crippen LogP contribution is 2.27. The van der Waals surface area contributed by atoms with Crippen molar-refractivity contribution in [1.82, 2.24) is 19.7 Å². The number of fused-ring (bicyclic) bond motifs is 1. The van der Waals surface area contributed by atoms with E-state index in [2.05, 4.69) is 15.0 Å². The van der Waals surface area contributed by atoms with Gasteiger partial charge in [0.2, 0.25) is 0 Å². The van der Waals surface area contributed by atoms with E-state index in [1.54, 1.807) is 37.4 Å². The summed E-state index contributed by atoms with van der Waals surface area (Å²) in [7, 11) is 1.61. The highest BCUT2D eigenvalue weighted by Gasteiger charge is 2.27. The van der Waals surface area contributed by atoms with Crippen LogP contribution in [0.1, 0.15) is 17.4 Å². The van der Waals surface area contributed by atoms with Gasteiger partial charge >= 0.3 is 0 Å². The standard InChI is InChI=1S/C21H22FN5O3/c1-3-27-20(28)15-5-4-14(22)12-16(15)19(24-27)21(29)26-10-8-25(9-11-26)17-13-23-7-6-18(17)30-2/h4-7,12-13H,3,8-11H2,1-2H3. The van der Waals surface area contributed by atoms with Gasteiger partial charge in [-0.3, -0.25) is 14.6 Å². The molecule has 0 N–H and O–H groups in total. The Bertz CT molecular complexity index is 1160. The summed E-state index contributed by atoms with van der Waals surface area (Å²) >= 11 is 0. The first kappa shape index (κ1) is 19.8. The van der Waals surface area contributed by atoms with E-state index in [-0.39, 0.29) is 27.9 Å². The van der Waals surface area contributed by atoms with Crippen LogP contribution in [0.5, 0.6) is 5.75 Å². The van der Waals surface area contributed by atoms with E-state index in [0.29, 0.717) is 32.7 Å². The minimum Gasteiger partial charge on any atom is -0.494 e. The number of hydrogen-bond acceptors (Lipinski definition) is 6. The lowest BCUT2D eigenvalue weighted by Gasteiger charge is -2.36. The third-order valence-corrected chi connectivity index (χ3v) is 5.31. The summed E-state index contributed by atoms with van der Waals surface area (Å²) in [5, 5.41) is 4.77. The monoisotopic (exact) mass is 411 g/mol. The van der Waals surface area contributed by atoms with Gasteiger partial charge in [-0.2, -0.15) is 5.10 Å². The number of hydrogen-bond donors (Lipinski definition) is 0. The molecule has 156 valence electrons. The van der Waals surface area contributed by atoms with Crippen molar-refractivity contribution >= 4 is 22.4 Å². The summed E-state index contributed by atoms with van der Waals surface area (Å²) < 4.78 is 20.5. The number of carbonyl (C=O) groups is 1. The molecule has 0 aliphatic carbocycles. The molecule has 0 radical (unpaired) electrons. The summed E-state index contributed by atoms with van der Waals surface area (Å²) in [4.78, 5) is 33.7. The lowest BCUT2D eigenvalue weighted by molar-refractivity contribution is 0.0740. The van der Waals surface area contributed by atoms with Crippen molar-refractivity contribution in [2.24, 2.45) is 0 Å². The molecule has 2 aromatic heterocycles. The second kappa shape index (κ2) is 8.10. The number of pyridine rings is 1. The van der Waals surface area contributed by atoms with Gasteiger partial charge in [0, 0.05) is 50.4 Å². The second-order valence-electron chi connectivity index (χ2n) is 6.99. The van der Waals surface area contributed by atoms with Crippen molar-refractivity contribution in [3.8, 4) is 5.75 Å². The molecule has 1 fully saturated rings. The largest absolute Gasteiger partial charge is 0.494 e. The van der Waals surface area contributed by atoms with Gasteiger partial charge in [0.25, 0.3) is 11.5 Å². The van der Waals surface area contributed by atoms with Gasteiger partial charge in [0.05, 0.1) is 24.4 Å². The number of nitrogens with zero attached hydrogens (tertiary/aromatic N) is 5. The van der Waals surface area contributed by atoms with Crippen molar-refractivity contribution in [2.75, 3.05) is 38.2 Å². The number of aromatic nitrogens is 3. The van der Waals surface area contributed by atoms with Crippen molar-refractivity contribution < 1.29 is 13.9 Å². The van der Waals surface area contributed by atoms with Crippen molar-refractivity contribution in [2.45, 2.75) is 13.5 Å². The maximum atomic E-state index is 13.9. The zero-order chi connectivity index (χ0) is 21.3. The quantitative estimate of drug-likeness (QED) is 0.653. The first-order chi connectivity index (χ1) is 14.5. The first-order valence-electron chi connectivity index (χ1n) is 9.76. The van der Waals surface area contributed by atoms with Gasteiger partial charge in [-0.05, 0) is 25.1 Å². The van der Waals surface area contributed by atoms with E-state index in [9.17, 15) is 14.0 Å². The number of rotatable bonds is 4. The molecule has 1 aliphatic heterocycles. The Morgan fingerprint density at radius 3 is 2.63 bits per heavy atom. The van der Waals surface area contributed by atoms with Crippen LogP contribution in [-0.2, 0) is 6.54 Å². The number of benzene rings is 1. The number of carbonyl (C=O) groups excluding carboxylic acids is 1. The van der Waals surface area contributed by atoms with Crippen LogP contribution in [0.3, 0.4) is 0 Å². The number of aryl methyl sites for hydroxylation is 1. The van der Waals surface area contributed by atoms with E-state index >= 15 is 0 Å². The third kappa shape index (κ3) is 3.47. The van der Waals surface area contributed by atoms with Crippen LogP contribution in [0.15, 0.2) is 41.5 Å². The van der Waals surface area contributed by atoms with Crippen LogP contribution >= 0.6 is 0 Å². The lowest BCUT2D eigenvalue weighted by atomic mass is 10.1. The smallest absolute Gasteiger partial charge is 0.275 e. The zero-order valence-electron chi connectivity index (χ0n) is 16.8. The molecule has 3 heterocycles. The molecule has 1 aliphatic rings. The van der Waals surface area contributed by atoms with E-state index < -0.39 is 5.82 Å². The van der Waals surface area contributed by atoms with E-state index in [4.69, 9.17) is 4.74 Å². The molecule has 1 saturated heterocycles. The summed E-state index contributed by atoms with van der Waals surface area (Å²) in [6, 6.07) is 5.63. The van der Waals surface area contributed by atoms with Gasteiger partial charge in [0.1, 0.15) is 11.6 Å². The normalized spacial score (nSPS) is 14.2. The summed E-state index contributed by atoms with van der Waals surface area (Å²) in [6.07, 6.45) is 3.41. The molecule has 3 aromatic rings. The van der Waals surface area contributed by atoms with Crippen LogP contribution in [0.25, 0.3) is 10.8 Å². The SMILES string of the molecule is CCn1nc(C(=O)N2CCN(c3cnccc3OC)CC2)c2cc(F)ccc2c1=O. The number of anilines is 1. The fraction of sp³-hybridized carbons (Fsp3) is 0.333. The predicted molar refractivity (Wildman–Crippen MR) is 111 cm³/mol. The fourth-order valence-electron chi connectivity index (χ4n) is 3.71. The Morgan fingerprint density at radius 2 is 1.93 bits per heavy atom. The van der Waals surface area contributed by atoms with Crippen molar-refractivity contribution in [3.05, 3.63) is 58.5 Å². The van der Waals surface area contributed by atoms with E-state index in [1.165, 1.54) is 22.9 Å². The summed E-state index contributed by atoms with van der Waals surface area (Å²) in [5.41, 5.74) is 0.633. The predicted octanol–water partition coefficient (Wildman–Crippen LogP) is 1.92. The van der Waals surface area contributed by atoms with Gasteiger partial charge in [-0.1, -0.05) is 0 Å². The number of piperazine rings is 1. The maximum Gasteiger partial charge on any atom is 0.275 e. The van der Waals surface area contributed by atoms with Gasteiger partial charge in [-0.25, -0.2) is 9.07 Å². The minimum absolute atomic E-state index is 0.0957. The lowest BCUT2D eigenvalue weighted by Crippen LogP contribution is -2.49. The molecule has 1 amide bonds. The van der Waals surface area contributed by atoms with E-state index in [0.717, 1.165) is 11.4 Å². The average Bonchev–Trinajstić information content (AvgIpc) is 2.79. The van der Waals surface area contributed by atoms with Crippen LogP contribution < -0.4 is 15.2 Å². The second-order valence-corrected chi connectivity index (χ2v) is 6.99. The highest BCUT2D eigenvalue weighted by atomic mass is 19.1. The average molecular weight is 411 g/mol. The molecular weight excluding hydrogens is 389 g/mol. The zero-order valence-corrected chi connectivity index (χ0v) is 16.8. The molecule has 0 bridgehead atoms. The minimum atomic E-state index is -0.513. The maximum absolute atomic E-state index is 13.9. The molecule has 0 atom stereocenters. The Balaban J connectivity index is 1.62. The molecular formula is C21H22FN5O3. The summed E-state index contributed by atoms with van der Waals surface area (Å²) in [6.45, 7) is 4.20. The number of methoxy groups -OCH3 is 1. The first-order valence-corrected chi connectivity index (χ1v) is 9.76. The molecule has 0 unspecified atom stereocenters. The molecule has 0 spiro atoms. The molecule has 30 heavy (non-hydrogen) atoms. The Hall–Kier alpha value is -3.49. The topological polar surface area (TPSA) is 80.6 Å². The van der Waals surface area contributed by atoms with Crippen LogP contribution in [0.4, 0.5) is 10.1 Å². The number of amides is 1. The molecule has 4 rings (SSSR count). The fourth-order valence-corrected chi connectivity index (χ4v) is 3.71. The van der Waals surface area contributed by atoms with E-state index in [1.807, 2.05) is 0 Å². The van der Waals surface area contributed by atoms with Crippen LogP contribution in [0, 0.1) is 5.82 Å². The third-order valence-electron chi connectivity index (χ3n) is 5.31. The Morgan fingerprint density at radius 1 is 1.17 bits per heavy atom. The van der Waals surface area contributed by atoms with Gasteiger partial charge in [-0.15, -0.1) is 0 Å². The molecule has 9 heteroatoms. The van der Waals surface area contributed by atoms with Crippen LogP contribution in [-0.4, -0.2) is 58.9 Å². The van der Waals surface area contributed by atoms with Crippen LogP contribution in [0.2, 0.25) is 0 Å². The molecule has 0 saturated carbocycles. The van der Waals surface area contributed by atoms with Gasteiger partial charge in [0.15, 0.2) is 5.69 Å². The molecule has 8 nitrogen and oxygen atoms in total. The number of ether oxygens (including phenoxy) is 1. The van der Waals surface area contributed by atoms with Crippen molar-refractivity contribution in [1.29, 1.82) is 0 Å². The van der Waals surface area contributed by atoms with Gasteiger partial charge < -0.3 is 14.5 Å².